The van der Waals surface area contributed by atoms with Crippen LogP contribution >= 0.6 is 0 Å². The van der Waals surface area contributed by atoms with Gasteiger partial charge in [0.2, 0.25) is 0 Å². The van der Waals surface area contributed by atoms with Crippen LogP contribution in [0.1, 0.15) is 25.3 Å². The number of anilines is 2. The van der Waals surface area contributed by atoms with Gasteiger partial charge in [-0.25, -0.2) is 4.79 Å². The maximum atomic E-state index is 12.7. The normalized spacial score (nSPS) is 17.9. The van der Waals surface area contributed by atoms with Gasteiger partial charge in [-0.1, -0.05) is 19.1 Å². The molecule has 5 rings (SSSR count). The highest BCUT2D eigenvalue weighted by Gasteiger charge is 2.15. The Morgan fingerprint density at radius 3 is 2.44 bits per heavy atom. The first kappa shape index (κ1) is 24.8. The molecular formula is C29H39N5O2. The molecule has 3 heterocycles. The number of aromatic nitrogens is 1. The molecule has 0 radical (unpaired) electrons. The van der Waals surface area contributed by atoms with E-state index >= 15 is 0 Å². The lowest BCUT2D eigenvalue weighted by Gasteiger charge is -2.30. The van der Waals surface area contributed by atoms with Crippen LogP contribution in [0.5, 0.6) is 0 Å². The highest BCUT2D eigenvalue weighted by atomic mass is 16.5. The van der Waals surface area contributed by atoms with Gasteiger partial charge in [-0.05, 0) is 80.2 Å². The highest BCUT2D eigenvalue weighted by molar-refractivity contribution is 6.01. The van der Waals surface area contributed by atoms with E-state index in [9.17, 15) is 4.79 Å². The number of ether oxygens (including phenoxy) is 1. The molecule has 0 atom stereocenters. The quantitative estimate of drug-likeness (QED) is 0.473. The van der Waals surface area contributed by atoms with Gasteiger partial charge in [0.05, 0.1) is 13.2 Å². The predicted molar refractivity (Wildman–Crippen MR) is 147 cm³/mol. The van der Waals surface area contributed by atoms with E-state index in [1.54, 1.807) is 0 Å². The first-order valence-electron chi connectivity index (χ1n) is 13.4. The smallest absolute Gasteiger partial charge is 0.323 e. The molecule has 3 aromatic rings. The molecule has 2 aliphatic heterocycles. The largest absolute Gasteiger partial charge is 0.379 e. The topological polar surface area (TPSA) is 61.8 Å². The van der Waals surface area contributed by atoms with Crippen molar-refractivity contribution in [2.75, 3.05) is 63.1 Å². The van der Waals surface area contributed by atoms with Crippen molar-refractivity contribution in [2.24, 2.45) is 5.92 Å². The number of nitrogens with zero attached hydrogens (tertiary/aromatic N) is 3. The fourth-order valence-corrected chi connectivity index (χ4v) is 5.22. The van der Waals surface area contributed by atoms with Gasteiger partial charge in [0.25, 0.3) is 0 Å². The molecule has 2 amide bonds. The molecule has 7 nitrogen and oxygen atoms in total. The third-order valence-electron chi connectivity index (χ3n) is 7.57. The van der Waals surface area contributed by atoms with Crippen LogP contribution in [0.2, 0.25) is 0 Å². The van der Waals surface area contributed by atoms with Gasteiger partial charge in [-0.15, -0.1) is 0 Å². The van der Waals surface area contributed by atoms with Gasteiger partial charge in [0.1, 0.15) is 0 Å². The number of hydrogen-bond donors (Lipinski definition) is 2. The summed E-state index contributed by atoms with van der Waals surface area (Å²) in [6.45, 7) is 11.4. The number of rotatable bonds is 8. The van der Waals surface area contributed by atoms with E-state index in [1.807, 2.05) is 24.3 Å². The van der Waals surface area contributed by atoms with Crippen molar-refractivity contribution in [1.82, 2.24) is 14.4 Å². The van der Waals surface area contributed by atoms with Crippen LogP contribution in [0.4, 0.5) is 16.2 Å². The van der Waals surface area contributed by atoms with Crippen LogP contribution < -0.4 is 10.6 Å². The molecule has 2 saturated heterocycles. The van der Waals surface area contributed by atoms with E-state index in [4.69, 9.17) is 4.74 Å². The second-order valence-corrected chi connectivity index (χ2v) is 10.3. The van der Waals surface area contributed by atoms with Gasteiger partial charge in [0.15, 0.2) is 0 Å². The monoisotopic (exact) mass is 489 g/mol. The first-order valence-corrected chi connectivity index (χ1v) is 13.4. The van der Waals surface area contributed by atoms with Crippen LogP contribution in [0.15, 0.2) is 54.7 Å². The number of carbonyl (C=O) groups excluding carboxylic acids is 1. The molecule has 2 aliphatic rings. The summed E-state index contributed by atoms with van der Waals surface area (Å²) in [6.07, 6.45) is 5.73. The molecule has 7 heteroatoms. The van der Waals surface area contributed by atoms with E-state index in [0.717, 1.165) is 75.0 Å². The molecular weight excluding hydrogens is 450 g/mol. The Bertz CT molecular complexity index is 1150. The molecule has 0 aliphatic carbocycles. The molecule has 192 valence electrons. The van der Waals surface area contributed by atoms with Crippen LogP contribution in [0, 0.1) is 5.92 Å². The minimum atomic E-state index is -0.219. The van der Waals surface area contributed by atoms with Crippen molar-refractivity contribution in [2.45, 2.75) is 32.7 Å². The lowest BCUT2D eigenvalue weighted by atomic mass is 9.99. The number of benzene rings is 2. The number of carbonyl (C=O) groups is 1. The number of hydrogen-bond acceptors (Lipinski definition) is 4. The zero-order valence-corrected chi connectivity index (χ0v) is 21.4. The zero-order valence-electron chi connectivity index (χ0n) is 21.4. The van der Waals surface area contributed by atoms with Gasteiger partial charge < -0.3 is 24.8 Å². The number of amides is 2. The third-order valence-corrected chi connectivity index (χ3v) is 7.57. The number of likely N-dealkylation sites (tertiary alicyclic amines) is 1. The summed E-state index contributed by atoms with van der Waals surface area (Å²) < 4.78 is 7.72. The maximum absolute atomic E-state index is 12.7. The summed E-state index contributed by atoms with van der Waals surface area (Å²) in [5.41, 5.74) is 4.06. The average molecular weight is 490 g/mol. The lowest BCUT2D eigenvalue weighted by molar-refractivity contribution is 0.0365. The van der Waals surface area contributed by atoms with Crippen LogP contribution in [0.25, 0.3) is 10.9 Å². The predicted octanol–water partition coefficient (Wildman–Crippen LogP) is 4.89. The van der Waals surface area contributed by atoms with Crippen molar-refractivity contribution < 1.29 is 9.53 Å². The van der Waals surface area contributed by atoms with Crippen molar-refractivity contribution in [3.63, 3.8) is 0 Å². The Kier molecular flexibility index (Phi) is 8.21. The molecule has 0 saturated carbocycles. The van der Waals surface area contributed by atoms with E-state index in [0.29, 0.717) is 0 Å². The number of nitrogens with one attached hydrogen (secondary N) is 2. The highest BCUT2D eigenvalue weighted by Crippen LogP contribution is 2.22. The Balaban J connectivity index is 1.12. The van der Waals surface area contributed by atoms with Gasteiger partial charge in [0, 0.05) is 61.2 Å². The van der Waals surface area contributed by atoms with Crippen molar-refractivity contribution in [1.29, 1.82) is 0 Å². The van der Waals surface area contributed by atoms with E-state index < -0.39 is 0 Å². The summed E-state index contributed by atoms with van der Waals surface area (Å²) >= 11 is 0. The number of piperidine rings is 1. The van der Waals surface area contributed by atoms with E-state index in [1.165, 1.54) is 37.0 Å². The summed E-state index contributed by atoms with van der Waals surface area (Å²) in [4.78, 5) is 17.7. The van der Waals surface area contributed by atoms with Gasteiger partial charge >= 0.3 is 6.03 Å². The number of fused-ring (bicyclic) bond motifs is 1. The molecule has 2 N–H and O–H groups in total. The Hall–Kier alpha value is -2.87. The molecule has 0 bridgehead atoms. The molecule has 1 aromatic heterocycles. The van der Waals surface area contributed by atoms with E-state index in [2.05, 4.69) is 62.4 Å². The number of morpholine rings is 1. The molecule has 0 spiro atoms. The fourth-order valence-electron chi connectivity index (χ4n) is 5.22. The minimum Gasteiger partial charge on any atom is -0.379 e. The molecule has 0 unspecified atom stereocenters. The Labute approximate surface area is 214 Å². The second-order valence-electron chi connectivity index (χ2n) is 10.3. The van der Waals surface area contributed by atoms with Crippen molar-refractivity contribution in [3.05, 3.63) is 60.3 Å². The van der Waals surface area contributed by atoms with Gasteiger partial charge in [-0.2, -0.15) is 0 Å². The van der Waals surface area contributed by atoms with Crippen LogP contribution in [-0.4, -0.2) is 72.9 Å². The minimum absolute atomic E-state index is 0.219. The zero-order chi connectivity index (χ0) is 24.7. The number of urea groups is 1. The van der Waals surface area contributed by atoms with E-state index in [-0.39, 0.29) is 6.03 Å². The Morgan fingerprint density at radius 1 is 0.889 bits per heavy atom. The average Bonchev–Trinajstić information content (AvgIpc) is 3.30. The van der Waals surface area contributed by atoms with Crippen LogP contribution in [-0.2, 0) is 17.7 Å². The van der Waals surface area contributed by atoms with Gasteiger partial charge in [-0.3, -0.25) is 4.90 Å². The third kappa shape index (κ3) is 6.66. The summed E-state index contributed by atoms with van der Waals surface area (Å²) in [5.74, 6) is 0.855. The lowest BCUT2D eigenvalue weighted by Crippen LogP contribution is -2.38. The Morgan fingerprint density at radius 2 is 1.64 bits per heavy atom. The standard InChI is InChI=1S/C29H39N5O2/c1-23-7-11-32(12-8-23)13-9-24-3-2-4-26(21-24)30-29(35)31-27-5-6-28-25(22-27)10-14-34(28)16-15-33-17-19-36-20-18-33/h2-6,10,14,21-23H,7-9,11-13,15-20H2,1H3,(H2,30,31,35). The maximum Gasteiger partial charge on any atom is 0.323 e. The summed E-state index contributed by atoms with van der Waals surface area (Å²) in [7, 11) is 0. The summed E-state index contributed by atoms with van der Waals surface area (Å²) in [6, 6.07) is 16.2. The molecule has 2 aromatic carbocycles. The fraction of sp³-hybridized carbons (Fsp3) is 0.483. The van der Waals surface area contributed by atoms with Crippen LogP contribution in [0.3, 0.4) is 0 Å². The molecule has 2 fully saturated rings. The van der Waals surface area contributed by atoms with Crippen molar-refractivity contribution >= 4 is 28.3 Å². The summed E-state index contributed by atoms with van der Waals surface area (Å²) in [5, 5.41) is 7.12. The first-order chi connectivity index (χ1) is 17.6. The van der Waals surface area contributed by atoms with Crippen molar-refractivity contribution in [3.8, 4) is 0 Å². The SMILES string of the molecule is CC1CCN(CCc2cccc(NC(=O)Nc3ccc4c(ccn4CCN4CCOCC4)c3)c2)CC1. The second kappa shape index (κ2) is 11.9. The molecule has 36 heavy (non-hydrogen) atoms.